The minimum absolute atomic E-state index is 0.0673. The molecular formula is C10H12NO-. The van der Waals surface area contributed by atoms with Crippen LogP contribution in [0.4, 0.5) is 0 Å². The number of benzene rings is 1. The molecular weight excluding hydrogens is 150 g/mol. The number of hydrogen-bond donors (Lipinski definition) is 0. The average molecular weight is 162 g/mol. The van der Waals surface area contributed by atoms with E-state index < -0.39 is 0 Å². The molecule has 0 aliphatic rings. The summed E-state index contributed by atoms with van der Waals surface area (Å²) in [6.07, 6.45) is 0. The fourth-order valence-corrected chi connectivity index (χ4v) is 0.890. The van der Waals surface area contributed by atoms with Crippen LogP contribution in [0.2, 0.25) is 0 Å². The Morgan fingerprint density at radius 1 is 1.25 bits per heavy atom. The smallest absolute Gasteiger partial charge is 0.0436 e. The monoisotopic (exact) mass is 162 g/mol. The maximum absolute atomic E-state index is 11.3. The Labute approximate surface area is 72.6 Å². The second-order valence-corrected chi connectivity index (χ2v) is 2.89. The molecule has 0 bridgehead atoms. The van der Waals surface area contributed by atoms with Gasteiger partial charge in [-0.3, -0.25) is 4.99 Å². The topological polar surface area (TPSA) is 35.4 Å². The van der Waals surface area contributed by atoms with Gasteiger partial charge in [0.25, 0.3) is 0 Å². The lowest BCUT2D eigenvalue weighted by atomic mass is 10.2. The molecule has 12 heavy (non-hydrogen) atoms. The lowest BCUT2D eigenvalue weighted by Crippen LogP contribution is -2.20. The zero-order valence-electron chi connectivity index (χ0n) is 7.32. The van der Waals surface area contributed by atoms with E-state index in [1.165, 1.54) is 0 Å². The van der Waals surface area contributed by atoms with Crippen LogP contribution in [0.5, 0.6) is 0 Å². The van der Waals surface area contributed by atoms with Crippen LogP contribution in [0.3, 0.4) is 0 Å². The van der Waals surface area contributed by atoms with Crippen molar-refractivity contribution in [3.63, 3.8) is 0 Å². The molecule has 0 atom stereocenters. The van der Waals surface area contributed by atoms with Crippen LogP contribution in [0.1, 0.15) is 19.4 Å². The minimum atomic E-state index is -0.134. The molecule has 1 rings (SSSR count). The van der Waals surface area contributed by atoms with Gasteiger partial charge in [-0.1, -0.05) is 30.3 Å². The first-order chi connectivity index (χ1) is 5.70. The third-order valence-corrected chi connectivity index (χ3v) is 1.40. The summed E-state index contributed by atoms with van der Waals surface area (Å²) < 4.78 is 0. The first-order valence-corrected chi connectivity index (χ1v) is 4.00. The first-order valence-electron chi connectivity index (χ1n) is 4.00. The van der Waals surface area contributed by atoms with Crippen LogP contribution < -0.4 is 5.11 Å². The number of hydrogen-bond acceptors (Lipinski definition) is 2. The molecule has 0 unspecified atom stereocenters. The quantitative estimate of drug-likeness (QED) is 0.475. The molecule has 0 N–H and O–H groups in total. The summed E-state index contributed by atoms with van der Waals surface area (Å²) in [5.41, 5.74) is 0.659. The molecule has 2 heteroatoms. The summed E-state index contributed by atoms with van der Waals surface area (Å²) in [5.74, 6) is -0.134. The zero-order valence-corrected chi connectivity index (χ0v) is 7.32. The Kier molecular flexibility index (Phi) is 2.86. The fourth-order valence-electron chi connectivity index (χ4n) is 0.890. The molecule has 0 aliphatic heterocycles. The van der Waals surface area contributed by atoms with Crippen LogP contribution in [-0.2, 0) is 0 Å². The number of nitrogens with zero attached hydrogens (tertiary/aromatic N) is 1. The third-order valence-electron chi connectivity index (χ3n) is 1.40. The predicted octanol–water partition coefficient (Wildman–Crippen LogP) is 1.20. The van der Waals surface area contributed by atoms with Crippen molar-refractivity contribution in [2.75, 3.05) is 0 Å². The molecule has 1 aromatic carbocycles. The van der Waals surface area contributed by atoms with Gasteiger partial charge in [0, 0.05) is 6.04 Å². The number of aliphatic imine (C=N–C) groups is 1. The lowest BCUT2D eigenvalue weighted by molar-refractivity contribution is -0.213. The first kappa shape index (κ1) is 8.78. The Morgan fingerprint density at radius 3 is 2.33 bits per heavy atom. The normalized spacial score (nSPS) is 12.1. The molecule has 0 heterocycles. The lowest BCUT2D eigenvalue weighted by Gasteiger charge is -2.11. The maximum Gasteiger partial charge on any atom is 0.0436 e. The summed E-state index contributed by atoms with van der Waals surface area (Å²) in [6.45, 7) is 3.78. The van der Waals surface area contributed by atoms with Crippen molar-refractivity contribution in [1.82, 2.24) is 0 Å². The second-order valence-electron chi connectivity index (χ2n) is 2.89. The van der Waals surface area contributed by atoms with E-state index in [0.29, 0.717) is 5.56 Å². The van der Waals surface area contributed by atoms with Gasteiger partial charge in [-0.2, -0.15) is 0 Å². The van der Waals surface area contributed by atoms with E-state index >= 15 is 0 Å². The van der Waals surface area contributed by atoms with E-state index in [1.54, 1.807) is 12.1 Å². The Bertz CT molecular complexity index is 264. The van der Waals surface area contributed by atoms with Gasteiger partial charge < -0.3 is 5.11 Å². The van der Waals surface area contributed by atoms with E-state index in [-0.39, 0.29) is 11.9 Å². The van der Waals surface area contributed by atoms with Crippen molar-refractivity contribution < 1.29 is 5.11 Å². The fraction of sp³-hybridized carbons (Fsp3) is 0.300. The molecule has 0 radical (unpaired) electrons. The molecule has 2 nitrogen and oxygen atoms in total. The highest BCUT2D eigenvalue weighted by Gasteiger charge is 1.90. The van der Waals surface area contributed by atoms with Gasteiger partial charge in [0.1, 0.15) is 0 Å². The third kappa shape index (κ3) is 2.38. The van der Waals surface area contributed by atoms with Crippen LogP contribution in [-0.4, -0.2) is 11.9 Å². The van der Waals surface area contributed by atoms with E-state index in [0.717, 1.165) is 0 Å². The standard InChI is InChI=1S/C10H13NO/c1-8(2)11-10(12)9-6-4-3-5-7-9/h3-8H,1-2H3,(H,11,12)/p-1. The van der Waals surface area contributed by atoms with Gasteiger partial charge in [0.2, 0.25) is 0 Å². The summed E-state index contributed by atoms with van der Waals surface area (Å²) in [7, 11) is 0. The zero-order chi connectivity index (χ0) is 8.97. The van der Waals surface area contributed by atoms with Crippen molar-refractivity contribution in [2.45, 2.75) is 19.9 Å². The van der Waals surface area contributed by atoms with Gasteiger partial charge in [0.05, 0.1) is 0 Å². The highest BCUT2D eigenvalue weighted by atomic mass is 16.3. The molecule has 0 aliphatic carbocycles. The van der Waals surface area contributed by atoms with Crippen molar-refractivity contribution in [2.24, 2.45) is 4.99 Å². The molecule has 0 fully saturated rings. The van der Waals surface area contributed by atoms with E-state index in [4.69, 9.17) is 0 Å². The van der Waals surface area contributed by atoms with Crippen molar-refractivity contribution in [3.8, 4) is 0 Å². The van der Waals surface area contributed by atoms with E-state index in [2.05, 4.69) is 4.99 Å². The minimum Gasteiger partial charge on any atom is -0.858 e. The highest BCUT2D eigenvalue weighted by Crippen LogP contribution is 1.98. The summed E-state index contributed by atoms with van der Waals surface area (Å²) in [4.78, 5) is 3.91. The average Bonchev–Trinajstić information content (AvgIpc) is 2.05. The Hall–Kier alpha value is -1.31. The molecule has 0 spiro atoms. The Balaban J connectivity index is 2.85. The summed E-state index contributed by atoms with van der Waals surface area (Å²) in [6, 6.07) is 9.17. The molecule has 64 valence electrons. The van der Waals surface area contributed by atoms with E-state index in [1.807, 2.05) is 32.0 Å². The molecule has 0 saturated carbocycles. The molecule has 0 saturated heterocycles. The van der Waals surface area contributed by atoms with Gasteiger partial charge in [0.15, 0.2) is 0 Å². The van der Waals surface area contributed by atoms with Crippen molar-refractivity contribution in [1.29, 1.82) is 0 Å². The van der Waals surface area contributed by atoms with Crippen molar-refractivity contribution in [3.05, 3.63) is 35.9 Å². The molecule has 0 aromatic heterocycles. The maximum atomic E-state index is 11.3. The highest BCUT2D eigenvalue weighted by molar-refractivity contribution is 5.90. The van der Waals surface area contributed by atoms with Gasteiger partial charge in [-0.25, -0.2) is 0 Å². The summed E-state index contributed by atoms with van der Waals surface area (Å²) >= 11 is 0. The number of rotatable bonds is 2. The summed E-state index contributed by atoms with van der Waals surface area (Å²) in [5, 5.41) is 11.3. The molecule has 1 aromatic rings. The second kappa shape index (κ2) is 3.90. The molecule has 0 amide bonds. The van der Waals surface area contributed by atoms with Gasteiger partial charge in [-0.15, -0.1) is 0 Å². The van der Waals surface area contributed by atoms with Crippen LogP contribution >= 0.6 is 0 Å². The SMILES string of the molecule is CC(C)N=C([O-])c1ccccc1. The van der Waals surface area contributed by atoms with Crippen LogP contribution in [0.15, 0.2) is 35.3 Å². The van der Waals surface area contributed by atoms with Crippen molar-refractivity contribution >= 4 is 5.90 Å². The van der Waals surface area contributed by atoms with E-state index in [9.17, 15) is 5.11 Å². The Morgan fingerprint density at radius 2 is 1.83 bits per heavy atom. The predicted molar refractivity (Wildman–Crippen MR) is 48.1 cm³/mol. The van der Waals surface area contributed by atoms with Gasteiger partial charge in [-0.05, 0) is 25.3 Å². The van der Waals surface area contributed by atoms with Crippen LogP contribution in [0, 0.1) is 0 Å². The largest absolute Gasteiger partial charge is 0.858 e. The van der Waals surface area contributed by atoms with Crippen LogP contribution in [0.25, 0.3) is 0 Å². The van der Waals surface area contributed by atoms with Gasteiger partial charge >= 0.3 is 0 Å².